The molecule has 6 nitrogen and oxygen atoms in total. The predicted octanol–water partition coefficient (Wildman–Crippen LogP) is 2.50. The first kappa shape index (κ1) is 18.0. The molecule has 0 radical (unpaired) electrons. The number of carbonyl (C=O) groups is 1. The Labute approximate surface area is 156 Å². The second-order valence-electron chi connectivity index (χ2n) is 8.07. The number of hydrogen-bond donors (Lipinski definition) is 2. The third kappa shape index (κ3) is 3.00. The topological polar surface area (TPSA) is 88.0 Å². The van der Waals surface area contributed by atoms with E-state index in [1.165, 1.54) is 10.5 Å². The van der Waals surface area contributed by atoms with Gasteiger partial charge in [-0.3, -0.25) is 9.20 Å². The van der Waals surface area contributed by atoms with Crippen LogP contribution in [0.5, 0.6) is 0 Å². The van der Waals surface area contributed by atoms with E-state index in [2.05, 4.69) is 6.92 Å². The van der Waals surface area contributed by atoms with Gasteiger partial charge in [0.25, 0.3) is 5.56 Å². The smallest absolute Gasteiger partial charge is 0.341 e. The van der Waals surface area contributed by atoms with Gasteiger partial charge < -0.3 is 15.7 Å². The number of pyridine rings is 2. The summed E-state index contributed by atoms with van der Waals surface area (Å²) in [5.41, 5.74) is 7.74. The number of fused-ring (bicyclic) bond motifs is 1. The third-order valence-electron chi connectivity index (χ3n) is 5.70. The van der Waals surface area contributed by atoms with E-state index >= 15 is 4.39 Å². The van der Waals surface area contributed by atoms with Crippen LogP contribution in [0.1, 0.15) is 53.6 Å². The van der Waals surface area contributed by atoms with Crippen molar-refractivity contribution in [2.45, 2.75) is 45.1 Å². The summed E-state index contributed by atoms with van der Waals surface area (Å²) in [5, 5.41) is 9.38. The van der Waals surface area contributed by atoms with Gasteiger partial charge in [0.2, 0.25) is 0 Å². The van der Waals surface area contributed by atoms with Gasteiger partial charge in [0.05, 0.1) is 17.4 Å². The zero-order valence-electron chi connectivity index (χ0n) is 15.5. The average Bonchev–Trinajstić information content (AvgIpc) is 3.39. The SMILES string of the molecule is Cc1c(N2C[C@@H](C)C[C@H](N)C2)c(F)cn2c(=O)c(C(=O)O)cc(C3CC3)c12. The summed E-state index contributed by atoms with van der Waals surface area (Å²) in [4.78, 5) is 26.1. The van der Waals surface area contributed by atoms with Crippen LogP contribution < -0.4 is 16.2 Å². The van der Waals surface area contributed by atoms with Crippen LogP contribution in [0.3, 0.4) is 0 Å². The van der Waals surface area contributed by atoms with Gasteiger partial charge in [-0.2, -0.15) is 0 Å². The van der Waals surface area contributed by atoms with Gasteiger partial charge in [-0.05, 0) is 55.2 Å². The monoisotopic (exact) mass is 373 g/mol. The first-order chi connectivity index (χ1) is 12.8. The van der Waals surface area contributed by atoms with Crippen molar-refractivity contribution < 1.29 is 14.3 Å². The number of nitrogens with zero attached hydrogens (tertiary/aromatic N) is 2. The second kappa shape index (κ2) is 6.34. The molecule has 2 aromatic rings. The van der Waals surface area contributed by atoms with Crippen molar-refractivity contribution in [1.82, 2.24) is 4.40 Å². The first-order valence-corrected chi connectivity index (χ1v) is 9.40. The molecule has 7 heteroatoms. The summed E-state index contributed by atoms with van der Waals surface area (Å²) in [5.74, 6) is -1.23. The van der Waals surface area contributed by atoms with Crippen LogP contribution in [0.4, 0.5) is 10.1 Å². The van der Waals surface area contributed by atoms with E-state index in [-0.39, 0.29) is 17.5 Å². The molecule has 2 atom stereocenters. The lowest BCUT2D eigenvalue weighted by Gasteiger charge is -2.37. The van der Waals surface area contributed by atoms with Crippen molar-refractivity contribution in [2.75, 3.05) is 18.0 Å². The molecular formula is C20H24FN3O3. The summed E-state index contributed by atoms with van der Waals surface area (Å²) >= 11 is 0. The molecule has 0 spiro atoms. The first-order valence-electron chi connectivity index (χ1n) is 9.40. The third-order valence-corrected chi connectivity index (χ3v) is 5.70. The van der Waals surface area contributed by atoms with Crippen LogP contribution in [-0.2, 0) is 0 Å². The van der Waals surface area contributed by atoms with Crippen molar-refractivity contribution in [3.8, 4) is 0 Å². The van der Waals surface area contributed by atoms with Crippen molar-refractivity contribution in [2.24, 2.45) is 11.7 Å². The van der Waals surface area contributed by atoms with Crippen LogP contribution in [-0.4, -0.2) is 34.6 Å². The molecule has 1 aliphatic carbocycles. The van der Waals surface area contributed by atoms with Gasteiger partial charge in [-0.15, -0.1) is 0 Å². The number of nitrogens with two attached hydrogens (primary N) is 1. The Bertz CT molecular complexity index is 986. The second-order valence-corrected chi connectivity index (χ2v) is 8.07. The molecule has 144 valence electrons. The fourth-order valence-corrected chi connectivity index (χ4v) is 4.47. The molecule has 2 fully saturated rings. The highest BCUT2D eigenvalue weighted by Gasteiger charge is 2.32. The molecule has 1 saturated heterocycles. The molecule has 2 aromatic heterocycles. The van der Waals surface area contributed by atoms with E-state index in [9.17, 15) is 14.7 Å². The summed E-state index contributed by atoms with van der Waals surface area (Å²) in [6.07, 6.45) is 3.94. The molecule has 3 N–H and O–H groups in total. The van der Waals surface area contributed by atoms with Crippen molar-refractivity contribution in [1.29, 1.82) is 0 Å². The zero-order valence-corrected chi connectivity index (χ0v) is 15.5. The highest BCUT2D eigenvalue weighted by Crippen LogP contribution is 2.44. The van der Waals surface area contributed by atoms with E-state index in [1.54, 1.807) is 0 Å². The lowest BCUT2D eigenvalue weighted by Crippen LogP contribution is -2.47. The number of anilines is 1. The molecule has 0 aromatic carbocycles. The molecule has 0 amide bonds. The molecule has 27 heavy (non-hydrogen) atoms. The number of rotatable bonds is 3. The number of halogens is 1. The Hall–Kier alpha value is -2.41. The quantitative estimate of drug-likeness (QED) is 0.863. The van der Waals surface area contributed by atoms with E-state index < -0.39 is 17.3 Å². The van der Waals surface area contributed by atoms with E-state index in [1.807, 2.05) is 11.8 Å². The molecule has 4 rings (SSSR count). The summed E-state index contributed by atoms with van der Waals surface area (Å²) in [7, 11) is 0. The van der Waals surface area contributed by atoms with Gasteiger partial charge in [-0.25, -0.2) is 9.18 Å². The fraction of sp³-hybridized carbons (Fsp3) is 0.500. The van der Waals surface area contributed by atoms with E-state index in [4.69, 9.17) is 5.73 Å². The number of aromatic nitrogens is 1. The predicted molar refractivity (Wildman–Crippen MR) is 101 cm³/mol. The molecule has 2 aliphatic rings. The number of carboxylic acids is 1. The molecule has 1 saturated carbocycles. The number of hydrogen-bond acceptors (Lipinski definition) is 4. The summed E-state index contributed by atoms with van der Waals surface area (Å²) in [6.45, 7) is 5.18. The maximum absolute atomic E-state index is 15.1. The Balaban J connectivity index is 1.98. The van der Waals surface area contributed by atoms with Crippen LogP contribution in [0.15, 0.2) is 17.1 Å². The van der Waals surface area contributed by atoms with Gasteiger partial charge in [0.1, 0.15) is 5.56 Å². The molecule has 0 unspecified atom stereocenters. The largest absolute Gasteiger partial charge is 0.477 e. The lowest BCUT2D eigenvalue weighted by atomic mass is 9.95. The van der Waals surface area contributed by atoms with E-state index in [0.29, 0.717) is 35.8 Å². The van der Waals surface area contributed by atoms with Gasteiger partial charge in [0.15, 0.2) is 5.82 Å². The van der Waals surface area contributed by atoms with Crippen molar-refractivity contribution >= 4 is 17.2 Å². The van der Waals surface area contributed by atoms with E-state index in [0.717, 1.165) is 31.0 Å². The maximum atomic E-state index is 15.1. The van der Waals surface area contributed by atoms with Crippen molar-refractivity contribution in [3.05, 3.63) is 45.1 Å². The maximum Gasteiger partial charge on any atom is 0.341 e. The minimum absolute atomic E-state index is 0.0248. The summed E-state index contributed by atoms with van der Waals surface area (Å²) in [6, 6.07) is 1.46. The summed E-state index contributed by atoms with van der Waals surface area (Å²) < 4.78 is 16.3. The minimum Gasteiger partial charge on any atom is -0.477 e. The number of piperidine rings is 1. The molecule has 3 heterocycles. The van der Waals surface area contributed by atoms with Crippen LogP contribution >= 0.6 is 0 Å². The van der Waals surface area contributed by atoms with Gasteiger partial charge >= 0.3 is 5.97 Å². The Morgan fingerprint density at radius 3 is 2.63 bits per heavy atom. The van der Waals surface area contributed by atoms with Gasteiger partial charge in [0, 0.05) is 19.1 Å². The van der Waals surface area contributed by atoms with Crippen LogP contribution in [0.2, 0.25) is 0 Å². The zero-order chi connectivity index (χ0) is 19.5. The van der Waals surface area contributed by atoms with Gasteiger partial charge in [-0.1, -0.05) is 6.92 Å². The highest BCUT2D eigenvalue weighted by atomic mass is 19.1. The lowest BCUT2D eigenvalue weighted by molar-refractivity contribution is 0.0694. The molecule has 1 aliphatic heterocycles. The standard InChI is InChI=1S/C20H24FN3O3/c1-10-5-13(22)8-23(7-10)18-11(2)17-14(12-3-4-12)6-15(20(26)27)19(25)24(17)9-16(18)21/h6,9-10,12-13H,3-5,7-8,22H2,1-2H3,(H,26,27)/t10-,13-/m0/s1. The highest BCUT2D eigenvalue weighted by molar-refractivity contribution is 5.89. The minimum atomic E-state index is -1.28. The number of carboxylic acid groups (broad SMARTS) is 1. The Morgan fingerprint density at radius 2 is 2.04 bits per heavy atom. The van der Waals surface area contributed by atoms with Crippen LogP contribution in [0, 0.1) is 18.7 Å². The Morgan fingerprint density at radius 1 is 1.33 bits per heavy atom. The average molecular weight is 373 g/mol. The van der Waals surface area contributed by atoms with Crippen molar-refractivity contribution in [3.63, 3.8) is 0 Å². The molecule has 0 bridgehead atoms. The molecular weight excluding hydrogens is 349 g/mol. The van der Waals surface area contributed by atoms with Crippen LogP contribution in [0.25, 0.3) is 5.52 Å². The Kier molecular flexibility index (Phi) is 4.22. The number of aryl methyl sites for hydroxylation is 1. The normalized spacial score (nSPS) is 23.0. The number of aromatic carboxylic acids is 1. The fourth-order valence-electron chi connectivity index (χ4n) is 4.47.